The molecular formula is C34H33F6N2OP. The SMILES string of the molecule is C=C[C@H]1C[N+]2(Cc3c4ccccc4cc4ccccc34)CC[C@H]1C[C@H]2[C@H](O)c1ccnc2ccccc12.F[P-](F)(F)(F)(F)F. The van der Waals surface area contributed by atoms with Gasteiger partial charge in [-0.25, -0.2) is 0 Å². The third-order valence-corrected chi connectivity index (χ3v) is 9.40. The molecule has 0 spiro atoms. The van der Waals surface area contributed by atoms with Gasteiger partial charge in [-0.2, -0.15) is 0 Å². The first kappa shape index (κ1) is 30.5. The van der Waals surface area contributed by atoms with Crippen molar-refractivity contribution in [3.05, 3.63) is 115 Å². The molecular weight excluding hydrogens is 597 g/mol. The summed E-state index contributed by atoms with van der Waals surface area (Å²) in [6.07, 6.45) is 5.72. The Balaban J connectivity index is 0.000000441. The van der Waals surface area contributed by atoms with Crippen LogP contribution in [-0.2, 0) is 6.54 Å². The van der Waals surface area contributed by atoms with E-state index >= 15 is 0 Å². The van der Waals surface area contributed by atoms with Gasteiger partial charge in [0.25, 0.3) is 0 Å². The minimum atomic E-state index is -10.7. The monoisotopic (exact) mass is 630 g/mol. The number of rotatable bonds is 5. The minimum absolute atomic E-state index is 0.137. The van der Waals surface area contributed by atoms with Crippen LogP contribution in [0.25, 0.3) is 32.4 Å². The van der Waals surface area contributed by atoms with Crippen LogP contribution in [0, 0.1) is 11.8 Å². The predicted octanol–water partition coefficient (Wildman–Crippen LogP) is 10.6. The zero-order valence-electron chi connectivity index (χ0n) is 23.8. The summed E-state index contributed by atoms with van der Waals surface area (Å²) in [6, 6.07) is 30.3. The Morgan fingerprint density at radius 3 is 2.05 bits per heavy atom. The number of quaternary nitrogens is 1. The first-order chi connectivity index (χ1) is 20.6. The standard InChI is InChI=1S/C34H33N2O.F6P/c1-2-23-21-36(22-31-27-11-5-3-9-25(27)19-26-10-4-6-12-28(26)31)18-16-24(23)20-33(36)34(37)30-15-17-35-32-14-8-7-13-29(30)32;1-7(2,3,4,5)6/h2-15,17,19,23-24,33-34,37H,1,16,18,20-22H2;/q+1;-1/t23-,24-,33-,34+,36?;/m0./s1. The van der Waals surface area contributed by atoms with Crippen molar-refractivity contribution >= 4 is 40.3 Å². The van der Waals surface area contributed by atoms with Crippen LogP contribution in [0.5, 0.6) is 0 Å². The van der Waals surface area contributed by atoms with Crippen molar-refractivity contribution in [2.45, 2.75) is 31.5 Å². The quantitative estimate of drug-likeness (QED) is 0.0689. The zero-order chi connectivity index (χ0) is 31.4. The second-order valence-electron chi connectivity index (χ2n) is 12.2. The third kappa shape index (κ3) is 6.46. The van der Waals surface area contributed by atoms with Crippen molar-refractivity contribution in [3.63, 3.8) is 0 Å². The summed E-state index contributed by atoms with van der Waals surface area (Å²) >= 11 is 0. The molecule has 0 saturated carbocycles. The fraction of sp³-hybridized carbons (Fsp3) is 0.265. The van der Waals surface area contributed by atoms with E-state index in [9.17, 15) is 30.3 Å². The van der Waals surface area contributed by atoms with Gasteiger partial charge in [-0.1, -0.05) is 72.8 Å². The fourth-order valence-corrected chi connectivity index (χ4v) is 7.56. The number of hydrogen-bond donors (Lipinski definition) is 1. The zero-order valence-corrected chi connectivity index (χ0v) is 24.7. The Labute approximate surface area is 251 Å². The summed E-state index contributed by atoms with van der Waals surface area (Å²) in [5.41, 5.74) is 3.37. The maximum atomic E-state index is 12.1. The number of hydrogen-bond acceptors (Lipinski definition) is 2. The topological polar surface area (TPSA) is 33.1 Å². The normalized spacial score (nSPS) is 25.6. The fourth-order valence-electron chi connectivity index (χ4n) is 7.56. The summed E-state index contributed by atoms with van der Waals surface area (Å²) in [4.78, 5) is 4.57. The average molecular weight is 631 g/mol. The molecule has 8 rings (SSSR count). The van der Waals surface area contributed by atoms with Crippen LogP contribution in [0.2, 0.25) is 0 Å². The van der Waals surface area contributed by atoms with Crippen LogP contribution in [-0.4, -0.2) is 33.7 Å². The van der Waals surface area contributed by atoms with Crippen molar-refractivity contribution < 1.29 is 34.8 Å². The van der Waals surface area contributed by atoms with Crippen molar-refractivity contribution in [2.24, 2.45) is 11.8 Å². The number of aliphatic hydroxyl groups is 1. The van der Waals surface area contributed by atoms with Crippen molar-refractivity contribution in [2.75, 3.05) is 13.1 Å². The van der Waals surface area contributed by atoms with Crippen molar-refractivity contribution in [1.29, 1.82) is 0 Å². The van der Waals surface area contributed by atoms with E-state index in [1.165, 1.54) is 33.5 Å². The van der Waals surface area contributed by atoms with E-state index in [4.69, 9.17) is 0 Å². The molecule has 4 heterocycles. The van der Waals surface area contributed by atoms with E-state index < -0.39 is 13.9 Å². The van der Waals surface area contributed by atoms with Gasteiger partial charge in [0, 0.05) is 35.9 Å². The van der Waals surface area contributed by atoms with E-state index in [1.54, 1.807) is 0 Å². The summed E-state index contributed by atoms with van der Waals surface area (Å²) in [6.45, 7) is 7.28. The number of fused-ring (bicyclic) bond motifs is 6. The molecule has 232 valence electrons. The Morgan fingerprint density at radius 1 is 0.864 bits per heavy atom. The number of para-hydroxylation sites is 1. The molecule has 3 fully saturated rings. The third-order valence-electron chi connectivity index (χ3n) is 9.40. The van der Waals surface area contributed by atoms with Gasteiger partial charge in [-0.15, -0.1) is 6.58 Å². The van der Waals surface area contributed by atoms with E-state index in [1.807, 2.05) is 30.5 Å². The van der Waals surface area contributed by atoms with E-state index in [-0.39, 0.29) is 6.04 Å². The Bertz CT molecular complexity index is 1810. The van der Waals surface area contributed by atoms with E-state index in [2.05, 4.69) is 78.3 Å². The van der Waals surface area contributed by atoms with Crippen LogP contribution in [0.3, 0.4) is 0 Å². The molecule has 0 amide bonds. The summed E-state index contributed by atoms with van der Waals surface area (Å²) in [7, 11) is -10.7. The summed E-state index contributed by atoms with van der Waals surface area (Å²) < 4.78 is 60.1. The molecule has 3 nitrogen and oxygen atoms in total. The van der Waals surface area contributed by atoms with Gasteiger partial charge in [0.1, 0.15) is 18.7 Å². The molecule has 44 heavy (non-hydrogen) atoms. The molecule has 3 saturated heterocycles. The Hall–Kier alpha value is -3.52. The van der Waals surface area contributed by atoms with Crippen LogP contribution in [0.4, 0.5) is 25.2 Å². The number of piperidine rings is 3. The summed E-state index contributed by atoms with van der Waals surface area (Å²) in [5.74, 6) is 1.09. The first-order valence-electron chi connectivity index (χ1n) is 14.6. The van der Waals surface area contributed by atoms with Gasteiger partial charge >= 0.3 is 33.0 Å². The first-order valence-corrected chi connectivity index (χ1v) is 16.6. The maximum absolute atomic E-state index is 12.1. The van der Waals surface area contributed by atoms with Crippen LogP contribution >= 0.6 is 7.81 Å². The number of halogens is 6. The molecule has 1 unspecified atom stereocenters. The second kappa shape index (κ2) is 10.3. The van der Waals surface area contributed by atoms with Gasteiger partial charge in [-0.3, -0.25) is 4.98 Å². The van der Waals surface area contributed by atoms with Gasteiger partial charge in [-0.05, 0) is 51.2 Å². The van der Waals surface area contributed by atoms with Crippen molar-refractivity contribution in [1.82, 2.24) is 4.98 Å². The number of aliphatic hydroxyl groups excluding tert-OH is 1. The van der Waals surface area contributed by atoms with Gasteiger partial charge < -0.3 is 9.59 Å². The molecule has 0 radical (unpaired) electrons. The Morgan fingerprint density at radius 2 is 1.43 bits per heavy atom. The molecule has 3 aliphatic heterocycles. The van der Waals surface area contributed by atoms with Crippen LogP contribution in [0.15, 0.2) is 104 Å². The van der Waals surface area contributed by atoms with Crippen LogP contribution < -0.4 is 0 Å². The molecule has 5 aromatic rings. The number of nitrogens with zero attached hydrogens (tertiary/aromatic N) is 2. The van der Waals surface area contributed by atoms with Gasteiger partial charge in [0.15, 0.2) is 0 Å². The molecule has 2 bridgehead atoms. The second-order valence-corrected chi connectivity index (χ2v) is 14.1. The Kier molecular flexibility index (Phi) is 7.11. The van der Waals surface area contributed by atoms with Gasteiger partial charge in [0.2, 0.25) is 0 Å². The molecule has 5 atom stereocenters. The summed E-state index contributed by atoms with van der Waals surface area (Å²) in [5, 5.41) is 18.4. The molecule has 0 aliphatic carbocycles. The van der Waals surface area contributed by atoms with Crippen LogP contribution in [0.1, 0.15) is 30.1 Å². The van der Waals surface area contributed by atoms with Gasteiger partial charge in [0.05, 0.1) is 18.6 Å². The van der Waals surface area contributed by atoms with Crippen molar-refractivity contribution in [3.8, 4) is 0 Å². The van der Waals surface area contributed by atoms with E-state index in [0.717, 1.165) is 47.0 Å². The van der Waals surface area contributed by atoms with E-state index in [0.29, 0.717) is 11.8 Å². The molecule has 1 N–H and O–H groups in total. The molecule has 3 aliphatic rings. The number of pyridine rings is 1. The molecule has 4 aromatic carbocycles. The predicted molar refractivity (Wildman–Crippen MR) is 166 cm³/mol. The molecule has 10 heteroatoms. The number of aromatic nitrogens is 1. The molecule has 1 aromatic heterocycles. The average Bonchev–Trinajstić information content (AvgIpc) is 2.99. The number of benzene rings is 4.